The van der Waals surface area contributed by atoms with Crippen LogP contribution >= 0.6 is 0 Å². The molecule has 0 amide bonds. The molecule has 1 heterocycles. The van der Waals surface area contributed by atoms with Crippen LogP contribution < -0.4 is 14.2 Å². The molecule has 0 aromatic heterocycles. The largest absolute Gasteiger partial charge is 0.508 e. The fourth-order valence-electron chi connectivity index (χ4n) is 4.09. The molecule has 6 heteroatoms. The molecule has 0 bridgehead atoms. The minimum absolute atomic E-state index is 0.131. The Kier molecular flexibility index (Phi) is 7.18. The molecule has 3 aromatic rings. The Bertz CT molecular complexity index is 1200. The molecule has 1 N–H and O–H groups in total. The number of hydrogen-bond acceptors (Lipinski definition) is 6. The molecule has 0 aliphatic carbocycles. The molecule has 1 aliphatic rings. The summed E-state index contributed by atoms with van der Waals surface area (Å²) in [4.78, 5) is 15.5. The molecule has 4 rings (SSSR count). The van der Waals surface area contributed by atoms with Gasteiger partial charge < -0.3 is 19.3 Å². The number of ketones is 1. The zero-order valence-electron chi connectivity index (χ0n) is 19.7. The quantitative estimate of drug-likeness (QED) is 0.473. The summed E-state index contributed by atoms with van der Waals surface area (Å²) in [5.74, 6) is 1.52. The van der Waals surface area contributed by atoms with Gasteiger partial charge in [0.05, 0.1) is 19.8 Å². The van der Waals surface area contributed by atoms with Crippen LogP contribution in [0.4, 0.5) is 0 Å². The van der Waals surface area contributed by atoms with Crippen LogP contribution in [0.2, 0.25) is 0 Å². The molecule has 0 saturated carbocycles. The molecular weight excluding hydrogens is 430 g/mol. The van der Waals surface area contributed by atoms with E-state index in [-0.39, 0.29) is 18.1 Å². The van der Waals surface area contributed by atoms with Gasteiger partial charge in [0, 0.05) is 30.3 Å². The molecule has 0 spiro atoms. The van der Waals surface area contributed by atoms with Crippen LogP contribution in [0.15, 0.2) is 66.2 Å². The Morgan fingerprint density at radius 1 is 1.00 bits per heavy atom. The van der Waals surface area contributed by atoms with E-state index in [0.29, 0.717) is 34.9 Å². The third-order valence-electron chi connectivity index (χ3n) is 6.00. The number of phenols is 1. The summed E-state index contributed by atoms with van der Waals surface area (Å²) >= 11 is 0. The summed E-state index contributed by atoms with van der Waals surface area (Å²) in [7, 11) is 3.07. The Morgan fingerprint density at radius 2 is 1.74 bits per heavy atom. The van der Waals surface area contributed by atoms with E-state index in [2.05, 4.69) is 24.0 Å². The van der Waals surface area contributed by atoms with E-state index in [1.807, 2.05) is 30.3 Å². The molecular formula is C28H29NO5. The van der Waals surface area contributed by atoms with Crippen LogP contribution in [0.25, 0.3) is 6.08 Å². The van der Waals surface area contributed by atoms with E-state index in [0.717, 1.165) is 24.2 Å². The van der Waals surface area contributed by atoms with Gasteiger partial charge in [-0.2, -0.15) is 0 Å². The average molecular weight is 460 g/mol. The molecule has 0 fully saturated rings. The minimum atomic E-state index is -0.131. The lowest BCUT2D eigenvalue weighted by atomic mass is 9.96. The number of Topliss-reactive ketones (excluding diaryl/α,β-unsaturated/α-hetero) is 1. The first-order chi connectivity index (χ1) is 16.5. The average Bonchev–Trinajstić information content (AvgIpc) is 2.87. The predicted octanol–water partition coefficient (Wildman–Crippen LogP) is 5.09. The SMILES string of the molecule is CCN(Cc1ccccc1)Cc1c(O)cccc1/C=C1\COc2cc(OC)c(OC)cc2C1=O. The maximum atomic E-state index is 13.3. The van der Waals surface area contributed by atoms with Gasteiger partial charge in [0.1, 0.15) is 18.1 Å². The number of methoxy groups -OCH3 is 2. The lowest BCUT2D eigenvalue weighted by Crippen LogP contribution is -2.23. The summed E-state index contributed by atoms with van der Waals surface area (Å²) in [6.07, 6.45) is 1.81. The molecule has 0 radical (unpaired) electrons. The van der Waals surface area contributed by atoms with Crippen LogP contribution in [-0.4, -0.2) is 43.2 Å². The van der Waals surface area contributed by atoms with Gasteiger partial charge in [-0.05, 0) is 35.9 Å². The monoisotopic (exact) mass is 459 g/mol. The first-order valence-electron chi connectivity index (χ1n) is 11.2. The maximum absolute atomic E-state index is 13.3. The molecule has 34 heavy (non-hydrogen) atoms. The standard InChI is InChI=1S/C28H29NO5/c1-4-29(16-19-9-6-5-7-10-19)17-23-20(11-8-12-24(23)30)13-21-18-34-25-15-27(33-3)26(32-2)14-22(25)28(21)31/h5-15,30H,4,16-18H2,1-3H3/b21-13+. The second kappa shape index (κ2) is 10.4. The summed E-state index contributed by atoms with van der Waals surface area (Å²) < 4.78 is 16.5. The highest BCUT2D eigenvalue weighted by Crippen LogP contribution is 2.38. The summed E-state index contributed by atoms with van der Waals surface area (Å²) in [6.45, 7) is 4.36. The number of nitrogens with zero attached hydrogens (tertiary/aromatic N) is 1. The van der Waals surface area contributed by atoms with E-state index < -0.39 is 0 Å². The van der Waals surface area contributed by atoms with Crippen molar-refractivity contribution < 1.29 is 24.1 Å². The number of benzene rings is 3. The minimum Gasteiger partial charge on any atom is -0.508 e. The molecule has 1 aliphatic heterocycles. The molecule has 0 saturated heterocycles. The highest BCUT2D eigenvalue weighted by atomic mass is 16.5. The van der Waals surface area contributed by atoms with E-state index in [9.17, 15) is 9.90 Å². The van der Waals surface area contributed by atoms with Crippen molar-refractivity contribution in [2.75, 3.05) is 27.4 Å². The Balaban J connectivity index is 1.64. The molecule has 0 atom stereocenters. The number of aromatic hydroxyl groups is 1. The summed E-state index contributed by atoms with van der Waals surface area (Å²) in [5.41, 5.74) is 3.71. The van der Waals surface area contributed by atoms with Gasteiger partial charge in [-0.3, -0.25) is 9.69 Å². The van der Waals surface area contributed by atoms with Gasteiger partial charge >= 0.3 is 0 Å². The number of carbonyl (C=O) groups excluding carboxylic acids is 1. The summed E-state index contributed by atoms with van der Waals surface area (Å²) in [5, 5.41) is 10.7. The van der Waals surface area contributed by atoms with Crippen LogP contribution in [0, 0.1) is 0 Å². The van der Waals surface area contributed by atoms with Gasteiger partial charge in [-0.25, -0.2) is 0 Å². The third kappa shape index (κ3) is 4.92. The normalized spacial score (nSPS) is 14.1. The molecule has 0 unspecified atom stereocenters. The Morgan fingerprint density at radius 3 is 2.44 bits per heavy atom. The number of phenolic OH excluding ortho intramolecular Hbond substituents is 1. The van der Waals surface area contributed by atoms with Gasteiger partial charge in [-0.15, -0.1) is 0 Å². The second-order valence-corrected chi connectivity index (χ2v) is 8.12. The zero-order valence-corrected chi connectivity index (χ0v) is 19.7. The fraction of sp³-hybridized carbons (Fsp3) is 0.250. The Hall–Kier alpha value is -3.77. The number of fused-ring (bicyclic) bond motifs is 1. The Labute approximate surface area is 200 Å². The number of hydrogen-bond donors (Lipinski definition) is 1. The number of rotatable bonds is 8. The highest BCUT2D eigenvalue weighted by Gasteiger charge is 2.26. The van der Waals surface area contributed by atoms with E-state index in [1.165, 1.54) is 12.7 Å². The molecule has 3 aromatic carbocycles. The lowest BCUT2D eigenvalue weighted by Gasteiger charge is -2.23. The second-order valence-electron chi connectivity index (χ2n) is 8.12. The van der Waals surface area contributed by atoms with Crippen molar-refractivity contribution in [1.29, 1.82) is 0 Å². The predicted molar refractivity (Wildman–Crippen MR) is 132 cm³/mol. The topological polar surface area (TPSA) is 68.2 Å². The lowest BCUT2D eigenvalue weighted by molar-refractivity contribution is 0.1000. The van der Waals surface area contributed by atoms with Crippen molar-refractivity contribution >= 4 is 11.9 Å². The van der Waals surface area contributed by atoms with Crippen molar-refractivity contribution in [1.82, 2.24) is 4.90 Å². The van der Waals surface area contributed by atoms with Crippen molar-refractivity contribution in [2.24, 2.45) is 0 Å². The smallest absolute Gasteiger partial charge is 0.196 e. The third-order valence-corrected chi connectivity index (χ3v) is 6.00. The van der Waals surface area contributed by atoms with Gasteiger partial charge in [0.25, 0.3) is 0 Å². The zero-order chi connectivity index (χ0) is 24.1. The van der Waals surface area contributed by atoms with Gasteiger partial charge in [0.15, 0.2) is 17.3 Å². The first-order valence-corrected chi connectivity index (χ1v) is 11.2. The first kappa shape index (κ1) is 23.4. The van der Waals surface area contributed by atoms with Crippen LogP contribution in [0.5, 0.6) is 23.0 Å². The van der Waals surface area contributed by atoms with E-state index in [4.69, 9.17) is 14.2 Å². The van der Waals surface area contributed by atoms with Crippen LogP contribution in [0.1, 0.15) is 34.0 Å². The van der Waals surface area contributed by atoms with Crippen LogP contribution in [0.3, 0.4) is 0 Å². The summed E-state index contributed by atoms with van der Waals surface area (Å²) in [6, 6.07) is 18.9. The molecule has 176 valence electrons. The van der Waals surface area contributed by atoms with Crippen molar-refractivity contribution in [3.05, 3.63) is 88.5 Å². The van der Waals surface area contributed by atoms with Gasteiger partial charge in [-0.1, -0.05) is 49.4 Å². The van der Waals surface area contributed by atoms with Crippen molar-refractivity contribution in [3.8, 4) is 23.0 Å². The van der Waals surface area contributed by atoms with Crippen molar-refractivity contribution in [2.45, 2.75) is 20.0 Å². The van der Waals surface area contributed by atoms with Crippen molar-refractivity contribution in [3.63, 3.8) is 0 Å². The van der Waals surface area contributed by atoms with E-state index in [1.54, 1.807) is 31.4 Å². The molecule has 6 nitrogen and oxygen atoms in total. The van der Waals surface area contributed by atoms with Crippen LogP contribution in [-0.2, 0) is 13.1 Å². The highest BCUT2D eigenvalue weighted by molar-refractivity contribution is 6.14. The van der Waals surface area contributed by atoms with E-state index >= 15 is 0 Å². The fourth-order valence-corrected chi connectivity index (χ4v) is 4.09. The maximum Gasteiger partial charge on any atom is 0.196 e. The number of ether oxygens (including phenoxy) is 3. The number of carbonyl (C=O) groups is 1. The van der Waals surface area contributed by atoms with Gasteiger partial charge in [0.2, 0.25) is 0 Å².